The number of likely N-dealkylation sites (tertiary alicyclic amines) is 1. The van der Waals surface area contributed by atoms with Gasteiger partial charge in [0.2, 0.25) is 0 Å². The molecule has 2 aliphatic heterocycles. The lowest BCUT2D eigenvalue weighted by atomic mass is 9.95. The number of aryl methyl sites for hydroxylation is 1. The quantitative estimate of drug-likeness (QED) is 0.351. The second kappa shape index (κ2) is 12.3. The second-order valence-corrected chi connectivity index (χ2v) is 11.8. The Labute approximate surface area is 240 Å². The van der Waals surface area contributed by atoms with Gasteiger partial charge in [0.15, 0.2) is 0 Å². The summed E-state index contributed by atoms with van der Waals surface area (Å²) in [6.45, 7) is 3.22. The van der Waals surface area contributed by atoms with Gasteiger partial charge in [0.05, 0.1) is 18.2 Å². The first-order chi connectivity index (χ1) is 19.2. The van der Waals surface area contributed by atoms with Crippen LogP contribution in [0.3, 0.4) is 0 Å². The average molecular weight is 589 g/mol. The van der Waals surface area contributed by atoms with E-state index in [1.807, 2.05) is 12.3 Å². The molecule has 3 N–H and O–H groups in total. The molecule has 0 radical (unpaired) electrons. The summed E-state index contributed by atoms with van der Waals surface area (Å²) in [4.78, 5) is 33.4. The van der Waals surface area contributed by atoms with Gasteiger partial charge in [-0.3, -0.25) is 9.59 Å². The number of aromatic nitrogens is 1. The molecule has 3 heterocycles. The maximum absolute atomic E-state index is 13.9. The van der Waals surface area contributed by atoms with E-state index in [1.165, 1.54) is 41.7 Å². The van der Waals surface area contributed by atoms with E-state index in [0.29, 0.717) is 18.5 Å². The molecule has 11 heteroatoms. The van der Waals surface area contributed by atoms with Gasteiger partial charge >= 0.3 is 0 Å². The van der Waals surface area contributed by atoms with E-state index >= 15 is 0 Å². The van der Waals surface area contributed by atoms with Gasteiger partial charge in [0.25, 0.3) is 11.8 Å². The Bertz CT molecular complexity index is 1380. The maximum Gasteiger partial charge on any atom is 0.254 e. The zero-order valence-electron chi connectivity index (χ0n) is 22.0. The predicted molar refractivity (Wildman–Crippen MR) is 150 cm³/mol. The molecule has 5 rings (SSSR count). The lowest BCUT2D eigenvalue weighted by Crippen LogP contribution is -2.52. The number of carbonyl (C=O) groups is 2. The molecular weight excluding hydrogens is 558 g/mol. The van der Waals surface area contributed by atoms with E-state index in [2.05, 4.69) is 15.6 Å². The molecule has 7 nitrogen and oxygen atoms in total. The Balaban J connectivity index is 1.37. The van der Waals surface area contributed by atoms with Crippen LogP contribution in [-0.2, 0) is 6.42 Å². The lowest BCUT2D eigenvalue weighted by Gasteiger charge is -2.29. The van der Waals surface area contributed by atoms with E-state index in [4.69, 9.17) is 11.6 Å². The second-order valence-electron chi connectivity index (χ2n) is 10.5. The van der Waals surface area contributed by atoms with Gasteiger partial charge in [-0.2, -0.15) is 0 Å². The van der Waals surface area contributed by atoms with Crippen LogP contribution < -0.4 is 10.6 Å². The fourth-order valence-corrected chi connectivity index (χ4v) is 6.75. The molecule has 1 aromatic heterocycles. The van der Waals surface area contributed by atoms with Crippen molar-refractivity contribution in [3.8, 4) is 0 Å². The number of hydrogen-bond donors (Lipinski definition) is 3. The standard InChI is InChI=1S/C29H31ClF2N4O3S/c1-16-15-40-28(34-16)25-5-3-7-36(25)29(39)19-11-18(12-20(30)13-19)27(38)35-24(26(37)23-4-2-6-33-23)10-17-8-21(31)14-22(32)9-17/h8-9,11-15,23-26,33,37H,2-7,10H2,1H3,(H,35,38)/t23-,24-,25-,26-/m1/s1. The highest BCUT2D eigenvalue weighted by atomic mass is 35.5. The molecule has 212 valence electrons. The molecule has 0 saturated carbocycles. The molecule has 0 spiro atoms. The van der Waals surface area contributed by atoms with Crippen molar-refractivity contribution < 1.29 is 23.5 Å². The first-order valence-corrected chi connectivity index (χ1v) is 14.6. The molecule has 2 fully saturated rings. The summed E-state index contributed by atoms with van der Waals surface area (Å²) in [6, 6.07) is 6.37. The largest absolute Gasteiger partial charge is 0.389 e. The van der Waals surface area contributed by atoms with Crippen molar-refractivity contribution in [1.82, 2.24) is 20.5 Å². The Morgan fingerprint density at radius 2 is 1.90 bits per heavy atom. The fraction of sp³-hybridized carbons (Fsp3) is 0.414. The van der Waals surface area contributed by atoms with Crippen LogP contribution in [0.1, 0.15) is 68.7 Å². The van der Waals surface area contributed by atoms with Gasteiger partial charge in [-0.05, 0) is 81.5 Å². The van der Waals surface area contributed by atoms with Crippen LogP contribution in [0.15, 0.2) is 41.8 Å². The summed E-state index contributed by atoms with van der Waals surface area (Å²) in [5.74, 6) is -2.27. The highest BCUT2D eigenvalue weighted by Crippen LogP contribution is 2.35. The first-order valence-electron chi connectivity index (χ1n) is 13.4. The highest BCUT2D eigenvalue weighted by molar-refractivity contribution is 7.09. The molecule has 2 saturated heterocycles. The van der Waals surface area contributed by atoms with Crippen molar-refractivity contribution in [3.05, 3.63) is 85.8 Å². The van der Waals surface area contributed by atoms with Gasteiger partial charge in [-0.25, -0.2) is 13.8 Å². The first kappa shape index (κ1) is 28.6. The van der Waals surface area contributed by atoms with Crippen molar-refractivity contribution >= 4 is 34.8 Å². The van der Waals surface area contributed by atoms with Crippen LogP contribution in [0.5, 0.6) is 0 Å². The molecule has 0 bridgehead atoms. The molecule has 2 amide bonds. The topological polar surface area (TPSA) is 94.6 Å². The van der Waals surface area contributed by atoms with E-state index < -0.39 is 29.7 Å². The van der Waals surface area contributed by atoms with Crippen molar-refractivity contribution in [2.45, 2.75) is 63.3 Å². The van der Waals surface area contributed by atoms with Crippen LogP contribution in [0.25, 0.3) is 0 Å². The van der Waals surface area contributed by atoms with Gasteiger partial charge < -0.3 is 20.6 Å². The summed E-state index contributed by atoms with van der Waals surface area (Å²) in [7, 11) is 0. The minimum atomic E-state index is -1.01. The third kappa shape index (κ3) is 6.52. The molecule has 2 aliphatic rings. The Morgan fingerprint density at radius 1 is 1.15 bits per heavy atom. The number of carbonyl (C=O) groups excluding carboxylic acids is 2. The zero-order chi connectivity index (χ0) is 28.4. The molecule has 2 aromatic carbocycles. The normalized spacial score (nSPS) is 20.5. The van der Waals surface area contributed by atoms with Crippen LogP contribution in [0.4, 0.5) is 8.78 Å². The number of hydrogen-bond acceptors (Lipinski definition) is 6. The number of thiazole rings is 1. The minimum Gasteiger partial charge on any atom is -0.389 e. The van der Waals surface area contributed by atoms with Gasteiger partial charge in [0.1, 0.15) is 16.6 Å². The van der Waals surface area contributed by atoms with E-state index in [-0.39, 0.29) is 40.6 Å². The van der Waals surface area contributed by atoms with Gasteiger partial charge in [-0.1, -0.05) is 11.6 Å². The Hall–Kier alpha value is -2.92. The lowest BCUT2D eigenvalue weighted by molar-refractivity contribution is 0.0733. The fourth-order valence-electron chi connectivity index (χ4n) is 5.58. The number of nitrogens with one attached hydrogen (secondary N) is 2. The van der Waals surface area contributed by atoms with Crippen molar-refractivity contribution in [2.75, 3.05) is 13.1 Å². The molecule has 3 aromatic rings. The number of aliphatic hydroxyl groups is 1. The van der Waals surface area contributed by atoms with Crippen molar-refractivity contribution in [1.29, 1.82) is 0 Å². The van der Waals surface area contributed by atoms with E-state index in [0.717, 1.165) is 42.6 Å². The minimum absolute atomic E-state index is 0.00874. The van der Waals surface area contributed by atoms with Crippen molar-refractivity contribution in [3.63, 3.8) is 0 Å². The summed E-state index contributed by atoms with van der Waals surface area (Å²) in [6.07, 6.45) is 2.23. The number of amides is 2. The van der Waals surface area contributed by atoms with Crippen molar-refractivity contribution in [2.24, 2.45) is 0 Å². The SMILES string of the molecule is Cc1csc([C@H]2CCCN2C(=O)c2cc(Cl)cc(C(=O)N[C@H](Cc3cc(F)cc(F)c3)[C@H](O)[C@H]3CCCN3)c2)n1. The number of halogens is 3. The summed E-state index contributed by atoms with van der Waals surface area (Å²) >= 11 is 7.89. The maximum atomic E-state index is 13.9. The highest BCUT2D eigenvalue weighted by Gasteiger charge is 2.34. The Kier molecular flexibility index (Phi) is 8.80. The smallest absolute Gasteiger partial charge is 0.254 e. The van der Waals surface area contributed by atoms with Gasteiger partial charge in [0, 0.05) is 45.9 Å². The Morgan fingerprint density at radius 3 is 2.58 bits per heavy atom. The third-order valence-corrected chi connectivity index (χ3v) is 8.74. The van der Waals surface area contributed by atoms with Gasteiger partial charge in [-0.15, -0.1) is 11.3 Å². The predicted octanol–water partition coefficient (Wildman–Crippen LogP) is 4.81. The van der Waals surface area contributed by atoms with E-state index in [1.54, 1.807) is 4.90 Å². The summed E-state index contributed by atoms with van der Waals surface area (Å²) in [5, 5.41) is 20.2. The number of nitrogens with zero attached hydrogens (tertiary/aromatic N) is 2. The molecule has 4 atom stereocenters. The summed E-state index contributed by atoms with van der Waals surface area (Å²) in [5.41, 5.74) is 1.64. The monoisotopic (exact) mass is 588 g/mol. The number of aliphatic hydroxyl groups excluding tert-OH is 1. The molecular formula is C29H31ClF2N4O3S. The zero-order valence-corrected chi connectivity index (χ0v) is 23.6. The van der Waals surface area contributed by atoms with Crippen LogP contribution in [-0.4, -0.2) is 58.1 Å². The van der Waals surface area contributed by atoms with Crippen LogP contribution in [0.2, 0.25) is 5.02 Å². The third-order valence-electron chi connectivity index (χ3n) is 7.46. The van der Waals surface area contributed by atoms with E-state index in [9.17, 15) is 23.5 Å². The van der Waals surface area contributed by atoms with Crippen LogP contribution in [0, 0.1) is 18.6 Å². The van der Waals surface area contributed by atoms with Crippen LogP contribution >= 0.6 is 22.9 Å². The number of rotatable bonds is 8. The molecule has 0 unspecified atom stereocenters. The number of benzene rings is 2. The summed E-state index contributed by atoms with van der Waals surface area (Å²) < 4.78 is 27.8. The molecule has 0 aliphatic carbocycles. The average Bonchev–Trinajstić information content (AvgIpc) is 3.68. The molecule has 40 heavy (non-hydrogen) atoms.